The number of hydrogen-bond acceptors (Lipinski definition) is 3. The topological polar surface area (TPSA) is 47.6 Å². The zero-order valence-electron chi connectivity index (χ0n) is 10.1. The second-order valence-corrected chi connectivity index (χ2v) is 3.32. The number of benzene rings is 1. The first-order valence-electron chi connectivity index (χ1n) is 5.43. The Morgan fingerprint density at radius 1 is 1.29 bits per heavy atom. The van der Waals surface area contributed by atoms with E-state index in [4.69, 9.17) is 9.47 Å². The summed E-state index contributed by atoms with van der Waals surface area (Å²) in [7, 11) is 1.62. The molecule has 4 nitrogen and oxygen atoms in total. The Morgan fingerprint density at radius 2 is 1.94 bits per heavy atom. The number of methoxy groups -OCH3 is 1. The highest BCUT2D eigenvalue weighted by atomic mass is 16.5. The van der Waals surface area contributed by atoms with E-state index in [1.54, 1.807) is 20.1 Å². The summed E-state index contributed by atoms with van der Waals surface area (Å²) in [6.07, 6.45) is 3.17. The number of allylic oxidation sites excluding steroid dienone is 1. The van der Waals surface area contributed by atoms with Crippen molar-refractivity contribution in [2.45, 2.75) is 6.92 Å². The van der Waals surface area contributed by atoms with Crippen molar-refractivity contribution in [3.63, 3.8) is 0 Å². The Balaban J connectivity index is 2.24. The number of hydrogen-bond donors (Lipinski definition) is 1. The van der Waals surface area contributed by atoms with Crippen LogP contribution in [0.3, 0.4) is 0 Å². The smallest absolute Gasteiger partial charge is 0.243 e. The molecule has 0 aliphatic heterocycles. The first-order chi connectivity index (χ1) is 8.26. The lowest BCUT2D eigenvalue weighted by Crippen LogP contribution is -2.26. The molecule has 1 aromatic rings. The van der Waals surface area contributed by atoms with Crippen molar-refractivity contribution in [3.05, 3.63) is 36.4 Å². The van der Waals surface area contributed by atoms with Crippen LogP contribution in [-0.2, 0) is 4.79 Å². The lowest BCUT2D eigenvalue weighted by atomic mass is 10.3. The molecular weight excluding hydrogens is 218 g/mol. The molecule has 1 N–H and O–H groups in total. The average molecular weight is 235 g/mol. The molecule has 17 heavy (non-hydrogen) atoms. The number of ether oxygens (including phenoxy) is 2. The van der Waals surface area contributed by atoms with E-state index in [1.165, 1.54) is 6.08 Å². The van der Waals surface area contributed by atoms with Crippen LogP contribution in [0.15, 0.2) is 36.4 Å². The van der Waals surface area contributed by atoms with E-state index in [9.17, 15) is 4.79 Å². The van der Waals surface area contributed by atoms with E-state index >= 15 is 0 Å². The highest BCUT2D eigenvalue weighted by Crippen LogP contribution is 2.16. The molecular formula is C13H17NO3. The van der Waals surface area contributed by atoms with Crippen LogP contribution in [0.5, 0.6) is 11.5 Å². The fourth-order valence-corrected chi connectivity index (χ4v) is 1.23. The van der Waals surface area contributed by atoms with Crippen LogP contribution in [0.2, 0.25) is 0 Å². The van der Waals surface area contributed by atoms with Gasteiger partial charge in [-0.1, -0.05) is 6.08 Å². The van der Waals surface area contributed by atoms with Gasteiger partial charge in [0.15, 0.2) is 0 Å². The maximum Gasteiger partial charge on any atom is 0.243 e. The van der Waals surface area contributed by atoms with Crippen LogP contribution >= 0.6 is 0 Å². The summed E-state index contributed by atoms with van der Waals surface area (Å²) in [4.78, 5) is 11.1. The molecule has 0 aliphatic rings. The van der Waals surface area contributed by atoms with Crippen LogP contribution < -0.4 is 14.8 Å². The Morgan fingerprint density at radius 3 is 2.53 bits per heavy atom. The maximum atomic E-state index is 11.1. The van der Waals surface area contributed by atoms with Gasteiger partial charge in [-0.2, -0.15) is 0 Å². The minimum atomic E-state index is -0.106. The fraction of sp³-hybridized carbons (Fsp3) is 0.308. The van der Waals surface area contributed by atoms with Gasteiger partial charge in [-0.15, -0.1) is 0 Å². The van der Waals surface area contributed by atoms with Gasteiger partial charge in [0.1, 0.15) is 18.1 Å². The van der Waals surface area contributed by atoms with Gasteiger partial charge < -0.3 is 14.8 Å². The van der Waals surface area contributed by atoms with Crippen molar-refractivity contribution in [1.29, 1.82) is 0 Å². The standard InChI is InChI=1S/C13H17NO3/c1-3-4-13(15)14-9-10-17-12-7-5-11(16-2)6-8-12/h3-8H,9-10H2,1-2H3,(H,14,15)/b4-3+. The number of amides is 1. The van der Waals surface area contributed by atoms with Crippen LogP contribution in [0, 0.1) is 0 Å². The van der Waals surface area contributed by atoms with E-state index < -0.39 is 0 Å². The summed E-state index contributed by atoms with van der Waals surface area (Å²) >= 11 is 0. The van der Waals surface area contributed by atoms with Gasteiger partial charge in [-0.3, -0.25) is 4.79 Å². The quantitative estimate of drug-likeness (QED) is 0.604. The van der Waals surface area contributed by atoms with Crippen LogP contribution in [0.4, 0.5) is 0 Å². The van der Waals surface area contributed by atoms with Gasteiger partial charge >= 0.3 is 0 Å². The van der Waals surface area contributed by atoms with Gasteiger partial charge in [0.2, 0.25) is 5.91 Å². The summed E-state index contributed by atoms with van der Waals surface area (Å²) in [5.41, 5.74) is 0. The van der Waals surface area contributed by atoms with E-state index in [2.05, 4.69) is 5.32 Å². The normalized spacial score (nSPS) is 10.2. The molecule has 4 heteroatoms. The minimum Gasteiger partial charge on any atom is -0.497 e. The van der Waals surface area contributed by atoms with Crippen LogP contribution in [-0.4, -0.2) is 26.2 Å². The maximum absolute atomic E-state index is 11.1. The molecule has 0 saturated carbocycles. The fourth-order valence-electron chi connectivity index (χ4n) is 1.23. The molecule has 0 aliphatic carbocycles. The number of nitrogens with one attached hydrogen (secondary N) is 1. The molecule has 1 amide bonds. The summed E-state index contributed by atoms with van der Waals surface area (Å²) in [6, 6.07) is 7.31. The first kappa shape index (κ1) is 13.1. The molecule has 0 spiro atoms. The second kappa shape index (κ2) is 7.33. The molecule has 0 heterocycles. The molecule has 0 aromatic heterocycles. The lowest BCUT2D eigenvalue weighted by Gasteiger charge is -2.07. The predicted octanol–water partition coefficient (Wildman–Crippen LogP) is 1.77. The Kier molecular flexibility index (Phi) is 5.64. The Bertz CT molecular complexity index is 371. The predicted molar refractivity (Wildman–Crippen MR) is 66.3 cm³/mol. The third kappa shape index (κ3) is 5.06. The highest BCUT2D eigenvalue weighted by molar-refractivity contribution is 5.87. The molecule has 0 fully saturated rings. The summed E-state index contributed by atoms with van der Waals surface area (Å²) in [6.45, 7) is 2.72. The van der Waals surface area contributed by atoms with E-state index in [-0.39, 0.29) is 5.91 Å². The number of carbonyl (C=O) groups is 1. The van der Waals surface area contributed by atoms with E-state index in [0.717, 1.165) is 11.5 Å². The first-order valence-corrected chi connectivity index (χ1v) is 5.43. The van der Waals surface area contributed by atoms with Gasteiger partial charge in [0.05, 0.1) is 13.7 Å². The van der Waals surface area contributed by atoms with Crippen molar-refractivity contribution in [3.8, 4) is 11.5 Å². The summed E-state index contributed by atoms with van der Waals surface area (Å²) < 4.78 is 10.5. The van der Waals surface area contributed by atoms with E-state index in [1.807, 2.05) is 24.3 Å². The summed E-state index contributed by atoms with van der Waals surface area (Å²) in [5.74, 6) is 1.44. The Hall–Kier alpha value is -1.97. The zero-order valence-corrected chi connectivity index (χ0v) is 10.1. The zero-order chi connectivity index (χ0) is 12.5. The molecule has 0 atom stereocenters. The molecule has 0 radical (unpaired) electrons. The second-order valence-electron chi connectivity index (χ2n) is 3.32. The van der Waals surface area contributed by atoms with E-state index in [0.29, 0.717) is 13.2 Å². The van der Waals surface area contributed by atoms with Gasteiger partial charge in [-0.05, 0) is 37.3 Å². The van der Waals surface area contributed by atoms with Crippen molar-refractivity contribution in [2.75, 3.05) is 20.3 Å². The average Bonchev–Trinajstić information content (AvgIpc) is 2.36. The van der Waals surface area contributed by atoms with Crippen LogP contribution in [0.1, 0.15) is 6.92 Å². The van der Waals surface area contributed by atoms with Gasteiger partial charge in [-0.25, -0.2) is 0 Å². The number of rotatable bonds is 6. The van der Waals surface area contributed by atoms with Crippen molar-refractivity contribution in [2.24, 2.45) is 0 Å². The molecule has 0 saturated heterocycles. The third-order valence-electron chi connectivity index (χ3n) is 2.05. The minimum absolute atomic E-state index is 0.106. The lowest BCUT2D eigenvalue weighted by molar-refractivity contribution is -0.116. The third-order valence-corrected chi connectivity index (χ3v) is 2.05. The summed E-state index contributed by atoms with van der Waals surface area (Å²) in [5, 5.41) is 2.70. The largest absolute Gasteiger partial charge is 0.497 e. The molecule has 0 bridgehead atoms. The number of carbonyl (C=O) groups excluding carboxylic acids is 1. The molecule has 1 rings (SSSR count). The van der Waals surface area contributed by atoms with Gasteiger partial charge in [0, 0.05) is 0 Å². The molecule has 0 unspecified atom stereocenters. The van der Waals surface area contributed by atoms with Gasteiger partial charge in [0.25, 0.3) is 0 Å². The monoisotopic (exact) mass is 235 g/mol. The SMILES string of the molecule is C/C=C/C(=O)NCCOc1ccc(OC)cc1. The highest BCUT2D eigenvalue weighted by Gasteiger charge is 1.96. The van der Waals surface area contributed by atoms with Crippen molar-refractivity contribution >= 4 is 5.91 Å². The molecule has 92 valence electrons. The Labute approximate surface area is 101 Å². The van der Waals surface area contributed by atoms with Crippen molar-refractivity contribution < 1.29 is 14.3 Å². The molecule has 1 aromatic carbocycles. The van der Waals surface area contributed by atoms with Crippen LogP contribution in [0.25, 0.3) is 0 Å². The van der Waals surface area contributed by atoms with Crippen molar-refractivity contribution in [1.82, 2.24) is 5.32 Å².